The summed E-state index contributed by atoms with van der Waals surface area (Å²) in [6, 6.07) is 2.13. The molecule has 0 saturated heterocycles. The maximum Gasteiger partial charge on any atom is 0.230 e. The minimum Gasteiger partial charge on any atom is -0.339 e. The molecular formula is C12H17N5O. The molecular weight excluding hydrogens is 230 g/mol. The highest BCUT2D eigenvalue weighted by molar-refractivity contribution is 5.46. The van der Waals surface area contributed by atoms with Crippen molar-refractivity contribution in [3.8, 4) is 11.5 Å². The third-order valence-electron chi connectivity index (χ3n) is 3.45. The van der Waals surface area contributed by atoms with Crippen LogP contribution in [0.1, 0.15) is 37.5 Å². The average molecular weight is 247 g/mol. The van der Waals surface area contributed by atoms with E-state index in [1.165, 1.54) is 0 Å². The second-order valence-corrected chi connectivity index (χ2v) is 4.95. The van der Waals surface area contributed by atoms with Gasteiger partial charge in [-0.05, 0) is 25.3 Å². The highest BCUT2D eigenvalue weighted by Crippen LogP contribution is 2.31. The molecule has 2 atom stereocenters. The van der Waals surface area contributed by atoms with Gasteiger partial charge in [-0.2, -0.15) is 10.1 Å². The molecule has 18 heavy (non-hydrogen) atoms. The zero-order valence-electron chi connectivity index (χ0n) is 10.4. The molecule has 2 heterocycles. The van der Waals surface area contributed by atoms with E-state index < -0.39 is 0 Å². The monoisotopic (exact) mass is 247 g/mol. The summed E-state index contributed by atoms with van der Waals surface area (Å²) in [6.45, 7) is 0. The van der Waals surface area contributed by atoms with E-state index in [9.17, 15) is 0 Å². The maximum absolute atomic E-state index is 5.98. The topological polar surface area (TPSA) is 82.8 Å². The fraction of sp³-hybridized carbons (Fsp3) is 0.583. The fourth-order valence-corrected chi connectivity index (χ4v) is 2.49. The molecule has 0 amide bonds. The molecule has 1 aliphatic rings. The van der Waals surface area contributed by atoms with E-state index in [-0.39, 0.29) is 6.04 Å². The minimum absolute atomic E-state index is 0.258. The van der Waals surface area contributed by atoms with Crippen molar-refractivity contribution in [3.05, 3.63) is 18.2 Å². The zero-order chi connectivity index (χ0) is 12.5. The molecule has 0 radical (unpaired) electrons. The number of hydrogen-bond donors (Lipinski definition) is 1. The van der Waals surface area contributed by atoms with Crippen molar-refractivity contribution >= 4 is 0 Å². The second kappa shape index (κ2) is 4.53. The first-order valence-electron chi connectivity index (χ1n) is 6.31. The second-order valence-electron chi connectivity index (χ2n) is 4.95. The smallest absolute Gasteiger partial charge is 0.230 e. The molecule has 2 aromatic rings. The quantitative estimate of drug-likeness (QED) is 0.868. The summed E-state index contributed by atoms with van der Waals surface area (Å²) in [4.78, 5) is 4.44. The van der Waals surface area contributed by atoms with Gasteiger partial charge in [0.05, 0.1) is 0 Å². The highest BCUT2D eigenvalue weighted by Gasteiger charge is 2.26. The number of hydrogen-bond acceptors (Lipinski definition) is 5. The SMILES string of the molecule is Cn1ccc(-c2noc(C3CCCC(N)C3)n2)n1. The van der Waals surface area contributed by atoms with Gasteiger partial charge in [0.2, 0.25) is 11.7 Å². The van der Waals surface area contributed by atoms with E-state index in [0.29, 0.717) is 17.6 Å². The normalized spacial score (nSPS) is 24.3. The lowest BCUT2D eigenvalue weighted by Gasteiger charge is -2.23. The lowest BCUT2D eigenvalue weighted by Crippen LogP contribution is -2.26. The van der Waals surface area contributed by atoms with Gasteiger partial charge >= 0.3 is 0 Å². The van der Waals surface area contributed by atoms with E-state index in [4.69, 9.17) is 10.3 Å². The molecule has 6 nitrogen and oxygen atoms in total. The van der Waals surface area contributed by atoms with Gasteiger partial charge in [-0.1, -0.05) is 11.6 Å². The molecule has 0 spiro atoms. The van der Waals surface area contributed by atoms with Gasteiger partial charge in [0, 0.05) is 25.2 Å². The Bertz CT molecular complexity index is 532. The van der Waals surface area contributed by atoms with Crippen LogP contribution >= 0.6 is 0 Å². The molecule has 0 aromatic carbocycles. The van der Waals surface area contributed by atoms with Crippen LogP contribution in [0.25, 0.3) is 11.5 Å². The molecule has 6 heteroatoms. The van der Waals surface area contributed by atoms with Crippen molar-refractivity contribution in [1.82, 2.24) is 19.9 Å². The van der Waals surface area contributed by atoms with Crippen LogP contribution in [0.2, 0.25) is 0 Å². The van der Waals surface area contributed by atoms with Gasteiger partial charge in [0.1, 0.15) is 5.69 Å². The van der Waals surface area contributed by atoms with Crippen LogP contribution in [-0.2, 0) is 7.05 Å². The molecule has 1 fully saturated rings. The lowest BCUT2D eigenvalue weighted by molar-refractivity contribution is 0.299. The summed E-state index contributed by atoms with van der Waals surface area (Å²) < 4.78 is 7.07. The van der Waals surface area contributed by atoms with Crippen molar-refractivity contribution in [2.75, 3.05) is 0 Å². The Kier molecular flexibility index (Phi) is 2.87. The Morgan fingerprint density at radius 1 is 1.44 bits per heavy atom. The predicted octanol–water partition coefficient (Wildman–Crippen LogP) is 1.45. The van der Waals surface area contributed by atoms with E-state index in [1.807, 2.05) is 19.3 Å². The summed E-state index contributed by atoms with van der Waals surface area (Å²) in [7, 11) is 1.87. The molecule has 1 saturated carbocycles. The first-order valence-corrected chi connectivity index (χ1v) is 6.31. The fourth-order valence-electron chi connectivity index (χ4n) is 2.49. The van der Waals surface area contributed by atoms with Crippen molar-refractivity contribution in [1.29, 1.82) is 0 Å². The predicted molar refractivity (Wildman–Crippen MR) is 65.7 cm³/mol. The first-order chi connectivity index (χ1) is 8.72. The van der Waals surface area contributed by atoms with Crippen molar-refractivity contribution in [2.24, 2.45) is 12.8 Å². The number of nitrogens with two attached hydrogens (primary N) is 1. The molecule has 2 unspecified atom stereocenters. The number of nitrogens with zero attached hydrogens (tertiary/aromatic N) is 4. The van der Waals surface area contributed by atoms with Gasteiger partial charge in [-0.3, -0.25) is 4.68 Å². The van der Waals surface area contributed by atoms with Crippen molar-refractivity contribution in [2.45, 2.75) is 37.6 Å². The average Bonchev–Trinajstić information content (AvgIpc) is 2.97. The number of aryl methyl sites for hydroxylation is 1. The molecule has 3 rings (SSSR count). The Labute approximate surface area is 105 Å². The Morgan fingerprint density at radius 2 is 2.33 bits per heavy atom. The van der Waals surface area contributed by atoms with Crippen LogP contribution in [-0.4, -0.2) is 26.0 Å². The third-order valence-corrected chi connectivity index (χ3v) is 3.45. The van der Waals surface area contributed by atoms with Crippen LogP contribution in [0.15, 0.2) is 16.8 Å². The van der Waals surface area contributed by atoms with Crippen LogP contribution in [0.3, 0.4) is 0 Å². The summed E-state index contributed by atoms with van der Waals surface area (Å²) in [5, 5.41) is 8.26. The number of aromatic nitrogens is 4. The van der Waals surface area contributed by atoms with E-state index >= 15 is 0 Å². The Balaban J connectivity index is 1.80. The minimum atomic E-state index is 0.258. The van der Waals surface area contributed by atoms with Crippen LogP contribution in [0.5, 0.6) is 0 Å². The maximum atomic E-state index is 5.98. The number of rotatable bonds is 2. The molecule has 1 aliphatic carbocycles. The zero-order valence-corrected chi connectivity index (χ0v) is 10.4. The lowest BCUT2D eigenvalue weighted by atomic mass is 9.86. The Hall–Kier alpha value is -1.69. The van der Waals surface area contributed by atoms with Gasteiger partial charge < -0.3 is 10.3 Å². The van der Waals surface area contributed by atoms with Crippen molar-refractivity contribution in [3.63, 3.8) is 0 Å². The molecule has 2 aromatic heterocycles. The third kappa shape index (κ3) is 2.15. The summed E-state index contributed by atoms with van der Waals surface area (Å²) in [5.74, 6) is 1.56. The first kappa shape index (κ1) is 11.4. The molecule has 0 bridgehead atoms. The van der Waals surface area contributed by atoms with E-state index in [0.717, 1.165) is 31.4 Å². The van der Waals surface area contributed by atoms with Crippen LogP contribution in [0, 0.1) is 0 Å². The van der Waals surface area contributed by atoms with E-state index in [1.54, 1.807) is 4.68 Å². The molecule has 0 aliphatic heterocycles. The Morgan fingerprint density at radius 3 is 3.06 bits per heavy atom. The van der Waals surface area contributed by atoms with Gasteiger partial charge in [-0.25, -0.2) is 0 Å². The highest BCUT2D eigenvalue weighted by atomic mass is 16.5. The van der Waals surface area contributed by atoms with Gasteiger partial charge in [0.15, 0.2) is 0 Å². The standard InChI is InChI=1S/C12H17N5O/c1-17-6-5-10(15-17)11-14-12(18-16-11)8-3-2-4-9(13)7-8/h5-6,8-9H,2-4,7,13H2,1H3. The van der Waals surface area contributed by atoms with Crippen LogP contribution in [0.4, 0.5) is 0 Å². The van der Waals surface area contributed by atoms with Gasteiger partial charge in [0.25, 0.3) is 0 Å². The van der Waals surface area contributed by atoms with Crippen molar-refractivity contribution < 1.29 is 4.52 Å². The molecule has 2 N–H and O–H groups in total. The summed E-state index contributed by atoms with van der Waals surface area (Å²) in [5.41, 5.74) is 6.72. The van der Waals surface area contributed by atoms with Gasteiger partial charge in [-0.15, -0.1) is 0 Å². The largest absolute Gasteiger partial charge is 0.339 e. The van der Waals surface area contributed by atoms with Crippen LogP contribution < -0.4 is 5.73 Å². The molecule has 96 valence electrons. The summed E-state index contributed by atoms with van der Waals surface area (Å²) >= 11 is 0. The van der Waals surface area contributed by atoms with E-state index in [2.05, 4.69) is 15.2 Å². The summed E-state index contributed by atoms with van der Waals surface area (Å²) in [6.07, 6.45) is 6.11.